The zero-order chi connectivity index (χ0) is 27.8. The normalized spacial score (nSPS) is 17.0. The minimum absolute atomic E-state index is 0.0359. The van der Waals surface area contributed by atoms with Crippen LogP contribution in [-0.4, -0.2) is 70.1 Å². The standard InChI is InChI=1S/C30H31N5O5/c1-39-22-9-3-6-19(14-22)28(36)33-12-5-8-21(17-33)26-16-27-31-25-11-13-34(18-24(25)30(38)35(27)32-26)29(37)20-7-4-10-23(15-20)40-2/h3-4,6-7,9-10,14-16,21,32H,5,8,11-13,17-18H2,1-2H3/t21-/m0/s1. The van der Waals surface area contributed by atoms with Gasteiger partial charge in [0.25, 0.3) is 17.4 Å². The number of piperidine rings is 1. The van der Waals surface area contributed by atoms with Crippen molar-refractivity contribution in [2.45, 2.75) is 31.7 Å². The number of methoxy groups -OCH3 is 2. The number of aromatic amines is 1. The quantitative estimate of drug-likeness (QED) is 0.416. The number of H-pyrrole nitrogens is 1. The third kappa shape index (κ3) is 4.70. The monoisotopic (exact) mass is 541 g/mol. The molecular weight excluding hydrogens is 510 g/mol. The molecule has 0 spiro atoms. The van der Waals surface area contributed by atoms with Gasteiger partial charge in [0.1, 0.15) is 11.5 Å². The molecule has 1 N–H and O–H groups in total. The minimum Gasteiger partial charge on any atom is -0.497 e. The fourth-order valence-electron chi connectivity index (χ4n) is 5.68. The fourth-order valence-corrected chi connectivity index (χ4v) is 5.68. The largest absolute Gasteiger partial charge is 0.497 e. The van der Waals surface area contributed by atoms with Crippen molar-refractivity contribution < 1.29 is 19.1 Å². The molecule has 4 heterocycles. The van der Waals surface area contributed by atoms with Crippen LogP contribution in [0, 0.1) is 0 Å². The Hall–Kier alpha value is -4.60. The predicted octanol–water partition coefficient (Wildman–Crippen LogP) is 3.26. The average Bonchev–Trinajstić information content (AvgIpc) is 3.45. The van der Waals surface area contributed by atoms with Crippen LogP contribution in [0.5, 0.6) is 11.5 Å². The molecule has 206 valence electrons. The molecule has 0 bridgehead atoms. The van der Waals surface area contributed by atoms with Crippen molar-refractivity contribution in [1.82, 2.24) is 24.4 Å². The number of carbonyl (C=O) groups is 2. The molecule has 10 heteroatoms. The smallest absolute Gasteiger partial charge is 0.277 e. The molecule has 4 aromatic rings. The van der Waals surface area contributed by atoms with Crippen LogP contribution in [-0.2, 0) is 13.0 Å². The number of nitrogens with zero attached hydrogens (tertiary/aromatic N) is 4. The molecule has 1 fully saturated rings. The highest BCUT2D eigenvalue weighted by Crippen LogP contribution is 2.28. The molecule has 6 rings (SSSR count). The summed E-state index contributed by atoms with van der Waals surface area (Å²) in [6, 6.07) is 16.1. The van der Waals surface area contributed by atoms with Gasteiger partial charge in [0.2, 0.25) is 0 Å². The Morgan fingerprint density at radius 1 is 0.925 bits per heavy atom. The number of rotatable bonds is 5. The third-order valence-corrected chi connectivity index (χ3v) is 7.85. The van der Waals surface area contributed by atoms with Crippen LogP contribution in [0.15, 0.2) is 59.4 Å². The number of carbonyl (C=O) groups excluding carboxylic acids is 2. The maximum Gasteiger partial charge on any atom is 0.277 e. The highest BCUT2D eigenvalue weighted by Gasteiger charge is 2.29. The zero-order valence-corrected chi connectivity index (χ0v) is 22.6. The lowest BCUT2D eigenvalue weighted by molar-refractivity contribution is 0.0703. The van der Waals surface area contributed by atoms with E-state index in [1.54, 1.807) is 55.5 Å². The number of amides is 2. The van der Waals surface area contributed by atoms with E-state index < -0.39 is 0 Å². The second-order valence-electron chi connectivity index (χ2n) is 10.3. The summed E-state index contributed by atoms with van der Waals surface area (Å²) in [6.07, 6.45) is 2.26. The number of likely N-dealkylation sites (tertiary alicyclic amines) is 1. The Morgan fingerprint density at radius 2 is 1.60 bits per heavy atom. The maximum atomic E-state index is 13.5. The van der Waals surface area contributed by atoms with Crippen LogP contribution in [0.25, 0.3) is 5.65 Å². The summed E-state index contributed by atoms with van der Waals surface area (Å²) in [6.45, 7) is 1.89. The van der Waals surface area contributed by atoms with Crippen molar-refractivity contribution in [2.24, 2.45) is 0 Å². The van der Waals surface area contributed by atoms with E-state index in [0.717, 1.165) is 24.2 Å². The van der Waals surface area contributed by atoms with E-state index in [-0.39, 0.29) is 29.8 Å². The summed E-state index contributed by atoms with van der Waals surface area (Å²) in [5.74, 6) is 1.12. The molecule has 1 atom stereocenters. The molecule has 2 aliphatic rings. The molecule has 0 radical (unpaired) electrons. The summed E-state index contributed by atoms with van der Waals surface area (Å²) in [7, 11) is 3.15. The number of ether oxygens (including phenoxy) is 2. The number of nitrogens with one attached hydrogen (secondary N) is 1. The number of hydrogen-bond acceptors (Lipinski definition) is 6. The summed E-state index contributed by atoms with van der Waals surface area (Å²) < 4.78 is 12.0. The van der Waals surface area contributed by atoms with E-state index in [2.05, 4.69) is 5.10 Å². The molecule has 40 heavy (non-hydrogen) atoms. The first-order valence-corrected chi connectivity index (χ1v) is 13.4. The topological polar surface area (TPSA) is 109 Å². The molecule has 1 saturated heterocycles. The lowest BCUT2D eigenvalue weighted by atomic mass is 9.94. The molecule has 2 aliphatic heterocycles. The zero-order valence-electron chi connectivity index (χ0n) is 22.6. The van der Waals surface area contributed by atoms with Gasteiger partial charge in [0.15, 0.2) is 5.65 Å². The molecule has 0 unspecified atom stereocenters. The number of benzene rings is 2. The van der Waals surface area contributed by atoms with Crippen LogP contribution in [0.2, 0.25) is 0 Å². The van der Waals surface area contributed by atoms with Crippen molar-refractivity contribution >= 4 is 17.5 Å². The Bertz CT molecular complexity index is 1660. The Kier molecular flexibility index (Phi) is 6.75. The van der Waals surface area contributed by atoms with Crippen LogP contribution < -0.4 is 15.0 Å². The third-order valence-electron chi connectivity index (χ3n) is 7.85. The predicted molar refractivity (Wildman–Crippen MR) is 148 cm³/mol. The molecule has 0 saturated carbocycles. The molecule has 0 aliphatic carbocycles. The van der Waals surface area contributed by atoms with Crippen molar-refractivity contribution in [3.63, 3.8) is 0 Å². The SMILES string of the molecule is COc1cccc(C(=O)N2CCc3nc4cc([C@H]5CCCN(C(=O)c6cccc(OC)c6)C5)[nH]n4c(=O)c3C2)c1. The highest BCUT2D eigenvalue weighted by molar-refractivity contribution is 5.95. The van der Waals surface area contributed by atoms with Crippen molar-refractivity contribution in [1.29, 1.82) is 0 Å². The molecule has 2 amide bonds. The van der Waals surface area contributed by atoms with Crippen LogP contribution >= 0.6 is 0 Å². The van der Waals surface area contributed by atoms with Gasteiger partial charge in [-0.1, -0.05) is 12.1 Å². The van der Waals surface area contributed by atoms with Crippen LogP contribution in [0.1, 0.15) is 56.4 Å². The fraction of sp³-hybridized carbons (Fsp3) is 0.333. The Morgan fingerprint density at radius 3 is 2.27 bits per heavy atom. The first kappa shape index (κ1) is 25.7. The van der Waals surface area contributed by atoms with Crippen molar-refractivity contribution in [3.05, 3.63) is 93.0 Å². The first-order chi connectivity index (χ1) is 19.4. The van der Waals surface area contributed by atoms with Gasteiger partial charge in [-0.2, -0.15) is 0 Å². The van der Waals surface area contributed by atoms with E-state index >= 15 is 0 Å². The van der Waals surface area contributed by atoms with Gasteiger partial charge in [-0.15, -0.1) is 0 Å². The number of fused-ring (bicyclic) bond motifs is 2. The molecule has 2 aromatic heterocycles. The second-order valence-corrected chi connectivity index (χ2v) is 10.3. The van der Waals surface area contributed by atoms with Gasteiger partial charge < -0.3 is 19.3 Å². The Balaban J connectivity index is 1.23. The van der Waals surface area contributed by atoms with E-state index in [1.165, 1.54) is 4.52 Å². The summed E-state index contributed by atoms with van der Waals surface area (Å²) in [5.41, 5.74) is 3.59. The van der Waals surface area contributed by atoms with Crippen LogP contribution in [0.3, 0.4) is 0 Å². The maximum absolute atomic E-state index is 13.5. The van der Waals surface area contributed by atoms with E-state index in [0.29, 0.717) is 59.9 Å². The van der Waals surface area contributed by atoms with Gasteiger partial charge in [0, 0.05) is 54.9 Å². The second kappa shape index (κ2) is 10.5. The number of hydrogen-bond donors (Lipinski definition) is 1. The summed E-state index contributed by atoms with van der Waals surface area (Å²) in [5, 5.41) is 3.26. The molecular formula is C30H31N5O5. The molecule has 10 nitrogen and oxygen atoms in total. The first-order valence-electron chi connectivity index (χ1n) is 13.4. The van der Waals surface area contributed by atoms with Crippen LogP contribution in [0.4, 0.5) is 0 Å². The van der Waals surface area contributed by atoms with E-state index in [1.807, 2.05) is 23.1 Å². The van der Waals surface area contributed by atoms with Gasteiger partial charge in [0.05, 0.1) is 32.0 Å². The summed E-state index contributed by atoms with van der Waals surface area (Å²) >= 11 is 0. The Labute approximate surface area is 231 Å². The molecule has 2 aromatic carbocycles. The van der Waals surface area contributed by atoms with Gasteiger partial charge in [-0.3, -0.25) is 19.5 Å². The van der Waals surface area contributed by atoms with E-state index in [4.69, 9.17) is 14.5 Å². The lowest BCUT2D eigenvalue weighted by Gasteiger charge is -2.32. The average molecular weight is 542 g/mol. The minimum atomic E-state index is -0.200. The number of aromatic nitrogens is 3. The summed E-state index contributed by atoms with van der Waals surface area (Å²) in [4.78, 5) is 48.3. The van der Waals surface area contributed by atoms with Gasteiger partial charge in [-0.05, 0) is 49.2 Å². The highest BCUT2D eigenvalue weighted by atomic mass is 16.5. The van der Waals surface area contributed by atoms with Gasteiger partial charge in [-0.25, -0.2) is 9.50 Å². The van der Waals surface area contributed by atoms with Crippen molar-refractivity contribution in [3.8, 4) is 11.5 Å². The lowest BCUT2D eigenvalue weighted by Crippen LogP contribution is -2.40. The van der Waals surface area contributed by atoms with Gasteiger partial charge >= 0.3 is 0 Å². The van der Waals surface area contributed by atoms with E-state index in [9.17, 15) is 14.4 Å². The van der Waals surface area contributed by atoms with Crippen molar-refractivity contribution in [2.75, 3.05) is 33.9 Å².